The molecular weight excluding hydrogens is 360 g/mol. The van der Waals surface area contributed by atoms with E-state index in [9.17, 15) is 0 Å². The minimum Gasteiger partial charge on any atom is -0.497 e. The molecule has 0 unspecified atom stereocenters. The number of methoxy groups -OCH3 is 1. The molecule has 0 amide bonds. The molecule has 1 heterocycles. The van der Waals surface area contributed by atoms with Crippen LogP contribution in [0.25, 0.3) is 0 Å². The summed E-state index contributed by atoms with van der Waals surface area (Å²) in [4.78, 5) is 8.99. The van der Waals surface area contributed by atoms with Crippen LogP contribution in [0.1, 0.15) is 16.8 Å². The molecule has 0 aliphatic rings. The Balaban J connectivity index is 1.62. The molecule has 0 bridgehead atoms. The molecule has 5 nitrogen and oxygen atoms in total. The molecule has 0 radical (unpaired) electrons. The van der Waals surface area contributed by atoms with Crippen LogP contribution >= 0.6 is 11.6 Å². The van der Waals surface area contributed by atoms with Gasteiger partial charge in [0.05, 0.1) is 7.11 Å². The van der Waals surface area contributed by atoms with Crippen molar-refractivity contribution in [2.24, 2.45) is 0 Å². The summed E-state index contributed by atoms with van der Waals surface area (Å²) in [6, 6.07) is 15.8. The Kier molecular flexibility index (Phi) is 6.14. The second kappa shape index (κ2) is 8.73. The zero-order chi connectivity index (χ0) is 19.2. The fourth-order valence-electron chi connectivity index (χ4n) is 2.64. The highest BCUT2D eigenvalue weighted by Gasteiger charge is 2.05. The van der Waals surface area contributed by atoms with Crippen molar-refractivity contribution in [1.29, 1.82) is 0 Å². The lowest BCUT2D eigenvalue weighted by molar-refractivity contribution is 0.414. The Morgan fingerprint density at radius 3 is 2.48 bits per heavy atom. The Labute approximate surface area is 164 Å². The standard InChI is InChI=1S/C21H23ClN4O/c1-14-4-7-17(13-19(14)22)25-21-24-15(2)12-20(26-21)23-11-10-16-5-8-18(27-3)9-6-16/h4-9,12-13H,10-11H2,1-3H3,(H2,23,24,25,26). The monoisotopic (exact) mass is 382 g/mol. The lowest BCUT2D eigenvalue weighted by Gasteiger charge is -2.11. The third-order valence-electron chi connectivity index (χ3n) is 4.16. The van der Waals surface area contributed by atoms with Gasteiger partial charge in [-0.2, -0.15) is 4.98 Å². The highest BCUT2D eigenvalue weighted by molar-refractivity contribution is 6.31. The predicted molar refractivity (Wildman–Crippen MR) is 111 cm³/mol. The molecular formula is C21H23ClN4O. The molecule has 140 valence electrons. The highest BCUT2D eigenvalue weighted by Crippen LogP contribution is 2.22. The Morgan fingerprint density at radius 2 is 1.78 bits per heavy atom. The van der Waals surface area contributed by atoms with Crippen LogP contribution in [0.15, 0.2) is 48.5 Å². The van der Waals surface area contributed by atoms with E-state index < -0.39 is 0 Å². The van der Waals surface area contributed by atoms with E-state index in [0.717, 1.165) is 41.5 Å². The number of nitrogens with zero attached hydrogens (tertiary/aromatic N) is 2. The number of halogens is 1. The van der Waals surface area contributed by atoms with Crippen LogP contribution < -0.4 is 15.4 Å². The smallest absolute Gasteiger partial charge is 0.229 e. The maximum Gasteiger partial charge on any atom is 0.229 e. The summed E-state index contributed by atoms with van der Waals surface area (Å²) in [6.45, 7) is 4.70. The highest BCUT2D eigenvalue weighted by atomic mass is 35.5. The summed E-state index contributed by atoms with van der Waals surface area (Å²) in [5.74, 6) is 2.20. The third-order valence-corrected chi connectivity index (χ3v) is 4.57. The summed E-state index contributed by atoms with van der Waals surface area (Å²) in [6.07, 6.45) is 0.892. The molecule has 6 heteroatoms. The lowest BCUT2D eigenvalue weighted by atomic mass is 10.1. The predicted octanol–water partition coefficient (Wildman–Crippen LogP) is 5.15. The number of hydrogen-bond donors (Lipinski definition) is 2. The van der Waals surface area contributed by atoms with Crippen LogP contribution in [0.3, 0.4) is 0 Å². The quantitative estimate of drug-likeness (QED) is 0.591. The number of aryl methyl sites for hydroxylation is 2. The molecule has 1 aromatic heterocycles. The summed E-state index contributed by atoms with van der Waals surface area (Å²) in [7, 11) is 1.67. The van der Waals surface area contributed by atoms with Crippen molar-refractivity contribution in [2.75, 3.05) is 24.3 Å². The molecule has 0 aliphatic heterocycles. The van der Waals surface area contributed by atoms with Gasteiger partial charge in [-0.15, -0.1) is 0 Å². The molecule has 0 atom stereocenters. The maximum atomic E-state index is 6.19. The van der Waals surface area contributed by atoms with Gasteiger partial charge in [-0.3, -0.25) is 0 Å². The van der Waals surface area contributed by atoms with Crippen molar-refractivity contribution < 1.29 is 4.74 Å². The topological polar surface area (TPSA) is 59.1 Å². The Hall–Kier alpha value is -2.79. The van der Waals surface area contributed by atoms with E-state index in [1.54, 1.807) is 7.11 Å². The first kappa shape index (κ1) is 19.0. The molecule has 3 rings (SSSR count). The number of rotatable bonds is 7. The number of ether oxygens (including phenoxy) is 1. The Morgan fingerprint density at radius 1 is 1.00 bits per heavy atom. The Bertz CT molecular complexity index is 913. The SMILES string of the molecule is COc1ccc(CCNc2cc(C)nc(Nc3ccc(C)c(Cl)c3)n2)cc1. The summed E-state index contributed by atoms with van der Waals surface area (Å²) < 4.78 is 5.18. The van der Waals surface area contributed by atoms with Gasteiger partial charge in [0.15, 0.2) is 0 Å². The first-order valence-corrected chi connectivity index (χ1v) is 9.17. The zero-order valence-electron chi connectivity index (χ0n) is 15.7. The van der Waals surface area contributed by atoms with E-state index in [-0.39, 0.29) is 0 Å². The summed E-state index contributed by atoms with van der Waals surface area (Å²) in [5, 5.41) is 7.29. The normalized spacial score (nSPS) is 10.5. The van der Waals surface area contributed by atoms with Crippen LogP contribution in [0.5, 0.6) is 5.75 Å². The van der Waals surface area contributed by atoms with E-state index in [1.807, 2.05) is 50.2 Å². The first-order valence-electron chi connectivity index (χ1n) is 8.79. The van der Waals surface area contributed by atoms with Crippen molar-refractivity contribution in [3.05, 3.63) is 70.4 Å². The van der Waals surface area contributed by atoms with E-state index in [0.29, 0.717) is 11.0 Å². The summed E-state index contributed by atoms with van der Waals surface area (Å²) >= 11 is 6.19. The van der Waals surface area contributed by atoms with E-state index in [4.69, 9.17) is 16.3 Å². The van der Waals surface area contributed by atoms with Crippen LogP contribution in [0.4, 0.5) is 17.5 Å². The lowest BCUT2D eigenvalue weighted by Crippen LogP contribution is -2.08. The molecule has 3 aromatic rings. The van der Waals surface area contributed by atoms with Crippen molar-refractivity contribution in [3.63, 3.8) is 0 Å². The number of aromatic nitrogens is 2. The van der Waals surface area contributed by atoms with Gasteiger partial charge in [0, 0.05) is 29.0 Å². The van der Waals surface area contributed by atoms with Crippen molar-refractivity contribution in [1.82, 2.24) is 9.97 Å². The average Bonchev–Trinajstić information content (AvgIpc) is 2.65. The van der Waals surface area contributed by atoms with Gasteiger partial charge in [0.2, 0.25) is 5.95 Å². The molecule has 2 aromatic carbocycles. The van der Waals surface area contributed by atoms with Gasteiger partial charge >= 0.3 is 0 Å². The van der Waals surface area contributed by atoms with Gasteiger partial charge in [0.25, 0.3) is 0 Å². The zero-order valence-corrected chi connectivity index (χ0v) is 16.5. The van der Waals surface area contributed by atoms with Gasteiger partial charge in [-0.25, -0.2) is 4.98 Å². The van der Waals surface area contributed by atoms with Crippen LogP contribution in [0, 0.1) is 13.8 Å². The van der Waals surface area contributed by atoms with Crippen LogP contribution in [0.2, 0.25) is 5.02 Å². The van der Waals surface area contributed by atoms with Gasteiger partial charge in [0.1, 0.15) is 11.6 Å². The minimum absolute atomic E-state index is 0.543. The molecule has 0 fully saturated rings. The third kappa shape index (κ3) is 5.34. The second-order valence-electron chi connectivity index (χ2n) is 6.33. The van der Waals surface area contributed by atoms with Gasteiger partial charge in [-0.1, -0.05) is 29.8 Å². The van der Waals surface area contributed by atoms with Gasteiger partial charge in [-0.05, 0) is 55.7 Å². The molecule has 2 N–H and O–H groups in total. The van der Waals surface area contributed by atoms with Crippen molar-refractivity contribution in [3.8, 4) is 5.75 Å². The fourth-order valence-corrected chi connectivity index (χ4v) is 2.82. The average molecular weight is 383 g/mol. The van der Waals surface area contributed by atoms with Crippen LogP contribution in [-0.4, -0.2) is 23.6 Å². The second-order valence-corrected chi connectivity index (χ2v) is 6.74. The summed E-state index contributed by atoms with van der Waals surface area (Å²) in [5.41, 5.74) is 4.02. The molecule has 27 heavy (non-hydrogen) atoms. The number of anilines is 3. The number of nitrogens with one attached hydrogen (secondary N) is 2. The van der Waals surface area contributed by atoms with E-state index in [2.05, 4.69) is 32.7 Å². The molecule has 0 spiro atoms. The number of hydrogen-bond acceptors (Lipinski definition) is 5. The largest absolute Gasteiger partial charge is 0.497 e. The van der Waals surface area contributed by atoms with Crippen LogP contribution in [-0.2, 0) is 6.42 Å². The molecule has 0 saturated carbocycles. The van der Waals surface area contributed by atoms with E-state index in [1.165, 1.54) is 5.56 Å². The van der Waals surface area contributed by atoms with E-state index >= 15 is 0 Å². The van der Waals surface area contributed by atoms with Crippen molar-refractivity contribution >= 4 is 29.1 Å². The molecule has 0 saturated heterocycles. The fraction of sp³-hybridized carbons (Fsp3) is 0.238. The maximum absolute atomic E-state index is 6.19. The minimum atomic E-state index is 0.543. The molecule has 0 aliphatic carbocycles. The van der Waals surface area contributed by atoms with Crippen molar-refractivity contribution in [2.45, 2.75) is 20.3 Å². The van der Waals surface area contributed by atoms with Gasteiger partial charge < -0.3 is 15.4 Å². The first-order chi connectivity index (χ1) is 13.0. The number of benzene rings is 2.